The number of para-hydroxylation sites is 1. The van der Waals surface area contributed by atoms with Crippen LogP contribution in [-0.4, -0.2) is 15.9 Å². The molecule has 0 saturated carbocycles. The van der Waals surface area contributed by atoms with E-state index in [1.807, 2.05) is 85.0 Å². The van der Waals surface area contributed by atoms with Gasteiger partial charge in [0.15, 0.2) is 3.95 Å². The van der Waals surface area contributed by atoms with Crippen molar-refractivity contribution in [3.05, 3.63) is 93.3 Å². The Morgan fingerprint density at radius 1 is 0.962 bits per heavy atom. The summed E-state index contributed by atoms with van der Waals surface area (Å²) in [5, 5.41) is 10.4. The first-order chi connectivity index (χ1) is 12.7. The second kappa shape index (κ2) is 9.08. The van der Waals surface area contributed by atoms with E-state index >= 15 is 0 Å². The summed E-state index contributed by atoms with van der Waals surface area (Å²) in [7, 11) is 0. The molecule has 0 amide bonds. The molecular formula is C21H18N2OS2. The number of hydrogen-bond acceptors (Lipinski definition) is 4. The summed E-state index contributed by atoms with van der Waals surface area (Å²) in [6, 6.07) is 19.7. The number of nitrogens with zero attached hydrogens (tertiary/aromatic N) is 2. The fourth-order valence-electron chi connectivity index (χ4n) is 2.33. The first kappa shape index (κ1) is 18.0. The van der Waals surface area contributed by atoms with Crippen LogP contribution in [0, 0.1) is 3.95 Å². The lowest BCUT2D eigenvalue weighted by Crippen LogP contribution is -1.98. The molecule has 5 heteroatoms. The molecule has 3 rings (SSSR count). The highest BCUT2D eigenvalue weighted by atomic mass is 32.1. The number of aliphatic imine (C=N–C) groups is 1. The van der Waals surface area contributed by atoms with Gasteiger partial charge in [-0.25, -0.2) is 0 Å². The van der Waals surface area contributed by atoms with Crippen molar-refractivity contribution in [1.82, 2.24) is 4.57 Å². The van der Waals surface area contributed by atoms with E-state index in [0.717, 1.165) is 16.1 Å². The topological polar surface area (TPSA) is 37.5 Å². The summed E-state index contributed by atoms with van der Waals surface area (Å²) in [6.07, 6.45) is 9.17. The molecule has 130 valence electrons. The molecule has 0 saturated heterocycles. The van der Waals surface area contributed by atoms with Crippen LogP contribution in [0.5, 0.6) is 5.88 Å². The van der Waals surface area contributed by atoms with Crippen LogP contribution in [0.15, 0.2) is 83.9 Å². The van der Waals surface area contributed by atoms with Crippen LogP contribution < -0.4 is 0 Å². The van der Waals surface area contributed by atoms with Gasteiger partial charge in [-0.15, -0.1) is 11.3 Å². The number of thiazole rings is 1. The monoisotopic (exact) mass is 378 g/mol. The molecule has 0 aliphatic carbocycles. The molecule has 0 aliphatic heterocycles. The molecule has 1 heterocycles. The minimum Gasteiger partial charge on any atom is -0.493 e. The summed E-state index contributed by atoms with van der Waals surface area (Å²) >= 11 is 6.78. The lowest BCUT2D eigenvalue weighted by atomic mass is 10.2. The zero-order chi connectivity index (χ0) is 18.2. The van der Waals surface area contributed by atoms with E-state index in [9.17, 15) is 5.11 Å². The van der Waals surface area contributed by atoms with Crippen molar-refractivity contribution in [2.45, 2.75) is 6.54 Å². The minimum atomic E-state index is 0.200. The predicted octanol–water partition coefficient (Wildman–Crippen LogP) is 6.00. The molecule has 26 heavy (non-hydrogen) atoms. The summed E-state index contributed by atoms with van der Waals surface area (Å²) in [6.45, 7) is 0.565. The summed E-state index contributed by atoms with van der Waals surface area (Å²) in [4.78, 5) is 5.07. The van der Waals surface area contributed by atoms with Crippen LogP contribution >= 0.6 is 23.6 Å². The fourth-order valence-corrected chi connectivity index (χ4v) is 3.55. The molecule has 0 aliphatic rings. The Hall–Kier alpha value is -2.76. The van der Waals surface area contributed by atoms with Gasteiger partial charge in [-0.05, 0) is 42.1 Å². The van der Waals surface area contributed by atoms with Gasteiger partial charge in [0.2, 0.25) is 5.88 Å². The smallest absolute Gasteiger partial charge is 0.210 e. The van der Waals surface area contributed by atoms with Gasteiger partial charge in [-0.2, -0.15) is 0 Å². The van der Waals surface area contributed by atoms with E-state index in [1.165, 1.54) is 11.3 Å². The third kappa shape index (κ3) is 4.88. The maximum absolute atomic E-state index is 10.4. The lowest BCUT2D eigenvalue weighted by molar-refractivity contribution is 0.422. The maximum Gasteiger partial charge on any atom is 0.210 e. The van der Waals surface area contributed by atoms with Crippen LogP contribution in [0.1, 0.15) is 10.4 Å². The van der Waals surface area contributed by atoms with Crippen LogP contribution in [0.2, 0.25) is 0 Å². The Morgan fingerprint density at radius 2 is 1.65 bits per heavy atom. The van der Waals surface area contributed by atoms with Gasteiger partial charge >= 0.3 is 0 Å². The molecule has 1 aromatic heterocycles. The molecule has 0 spiro atoms. The Bertz CT molecular complexity index is 984. The molecule has 3 nitrogen and oxygen atoms in total. The Kier molecular flexibility index (Phi) is 6.30. The SMILES string of the molecule is Oc1c(/C=C/C=C/C=Nc2ccccc2)sc(=S)n1Cc1ccccc1. The number of benzene rings is 2. The number of aromatic nitrogens is 1. The van der Waals surface area contributed by atoms with Crippen molar-refractivity contribution in [1.29, 1.82) is 0 Å². The maximum atomic E-state index is 10.4. The van der Waals surface area contributed by atoms with Crippen molar-refractivity contribution in [2.75, 3.05) is 0 Å². The van der Waals surface area contributed by atoms with Crippen LogP contribution in [0.25, 0.3) is 6.08 Å². The number of hydrogen-bond donors (Lipinski definition) is 1. The number of allylic oxidation sites excluding steroid dienone is 3. The quantitative estimate of drug-likeness (QED) is 0.324. The largest absolute Gasteiger partial charge is 0.493 e. The lowest BCUT2D eigenvalue weighted by Gasteiger charge is -2.04. The zero-order valence-electron chi connectivity index (χ0n) is 14.0. The van der Waals surface area contributed by atoms with Gasteiger partial charge in [-0.3, -0.25) is 9.56 Å². The third-order valence-electron chi connectivity index (χ3n) is 3.61. The Morgan fingerprint density at radius 3 is 2.38 bits per heavy atom. The van der Waals surface area contributed by atoms with Crippen molar-refractivity contribution >= 4 is 41.5 Å². The molecule has 2 aromatic carbocycles. The van der Waals surface area contributed by atoms with Crippen molar-refractivity contribution in [3.8, 4) is 5.88 Å². The van der Waals surface area contributed by atoms with Crippen LogP contribution in [0.3, 0.4) is 0 Å². The van der Waals surface area contributed by atoms with Crippen LogP contribution in [-0.2, 0) is 6.54 Å². The molecule has 3 aromatic rings. The van der Waals surface area contributed by atoms with Crippen molar-refractivity contribution in [3.63, 3.8) is 0 Å². The highest BCUT2D eigenvalue weighted by molar-refractivity contribution is 7.73. The number of rotatable bonds is 6. The molecular weight excluding hydrogens is 360 g/mol. The molecule has 0 unspecified atom stereocenters. The minimum absolute atomic E-state index is 0.200. The van der Waals surface area contributed by atoms with Gasteiger partial charge < -0.3 is 5.11 Å². The average Bonchev–Trinajstić information content (AvgIpc) is 2.94. The Balaban J connectivity index is 1.65. The van der Waals surface area contributed by atoms with E-state index in [1.54, 1.807) is 10.8 Å². The highest BCUT2D eigenvalue weighted by Crippen LogP contribution is 2.28. The van der Waals surface area contributed by atoms with Gasteiger partial charge in [0, 0.05) is 6.21 Å². The van der Waals surface area contributed by atoms with Gasteiger partial charge in [0.25, 0.3) is 0 Å². The van der Waals surface area contributed by atoms with E-state index < -0.39 is 0 Å². The first-order valence-electron chi connectivity index (χ1n) is 8.13. The summed E-state index contributed by atoms with van der Waals surface area (Å²) in [5.74, 6) is 0.200. The van der Waals surface area contributed by atoms with Crippen molar-refractivity contribution in [2.24, 2.45) is 4.99 Å². The normalized spacial score (nSPS) is 11.8. The average molecular weight is 379 g/mol. The standard InChI is InChI=1S/C21H18N2OS2/c24-20-19(14-8-3-9-15-22-18-12-6-2-7-13-18)26-21(25)23(20)16-17-10-4-1-5-11-17/h1-15,24H,16H2/b9-3+,14-8+,22-15?. The summed E-state index contributed by atoms with van der Waals surface area (Å²) < 4.78 is 2.40. The van der Waals surface area contributed by atoms with Gasteiger partial charge in [0.1, 0.15) is 0 Å². The van der Waals surface area contributed by atoms with E-state index in [2.05, 4.69) is 4.99 Å². The second-order valence-corrected chi connectivity index (χ2v) is 7.16. The Labute approximate surface area is 161 Å². The molecule has 0 fully saturated rings. The predicted molar refractivity (Wildman–Crippen MR) is 113 cm³/mol. The van der Waals surface area contributed by atoms with Gasteiger partial charge in [0.05, 0.1) is 17.1 Å². The van der Waals surface area contributed by atoms with Crippen LogP contribution in [0.4, 0.5) is 5.69 Å². The second-order valence-electron chi connectivity index (χ2n) is 5.49. The molecule has 0 atom stereocenters. The van der Waals surface area contributed by atoms with E-state index in [-0.39, 0.29) is 5.88 Å². The first-order valence-corrected chi connectivity index (χ1v) is 9.35. The molecule has 0 bridgehead atoms. The van der Waals surface area contributed by atoms with E-state index in [4.69, 9.17) is 12.2 Å². The fraction of sp³-hybridized carbons (Fsp3) is 0.0476. The van der Waals surface area contributed by atoms with Gasteiger partial charge in [-0.1, -0.05) is 60.7 Å². The van der Waals surface area contributed by atoms with Crippen molar-refractivity contribution < 1.29 is 5.11 Å². The summed E-state index contributed by atoms with van der Waals surface area (Å²) in [5.41, 5.74) is 2.01. The highest BCUT2D eigenvalue weighted by Gasteiger charge is 2.09. The number of aromatic hydroxyl groups is 1. The third-order valence-corrected chi connectivity index (χ3v) is 5.02. The van der Waals surface area contributed by atoms with E-state index in [0.29, 0.717) is 10.5 Å². The zero-order valence-corrected chi connectivity index (χ0v) is 15.7. The molecule has 1 N–H and O–H groups in total. The molecule has 0 radical (unpaired) electrons.